The quantitative estimate of drug-likeness (QED) is 0.102. The minimum atomic E-state index is 0.523. The molecule has 0 bridgehead atoms. The van der Waals surface area contributed by atoms with Crippen molar-refractivity contribution in [2.45, 2.75) is 119 Å². The summed E-state index contributed by atoms with van der Waals surface area (Å²) in [5.41, 5.74) is 41.5. The second-order valence-corrected chi connectivity index (χ2v) is 41.2. The maximum atomic E-state index is 6.19. The number of hydrogen-bond acceptors (Lipinski definition) is 6. The van der Waals surface area contributed by atoms with Crippen LogP contribution < -0.4 is 0 Å². The van der Waals surface area contributed by atoms with Gasteiger partial charge in [-0.1, -0.05) is 471 Å². The van der Waals surface area contributed by atoms with E-state index in [4.69, 9.17) is 26.5 Å². The van der Waals surface area contributed by atoms with Crippen LogP contribution in [-0.2, 0) is 0 Å². The molecule has 0 amide bonds. The van der Waals surface area contributed by atoms with E-state index in [2.05, 4.69) is 483 Å². The topological polar surface area (TPSA) is 78.8 Å². The lowest BCUT2D eigenvalue weighted by molar-refractivity contribution is 0.668. The van der Waals surface area contributed by atoms with E-state index in [9.17, 15) is 0 Å². The minimum absolute atomic E-state index is 0.523. The maximum Gasteiger partial charge on any atom is 0.143 e. The summed E-state index contributed by atoms with van der Waals surface area (Å²) < 4.78 is 36.2. The Kier molecular flexibility index (Phi) is 27.8. The molecular weight excluding hydrogens is 1830 g/mol. The van der Waals surface area contributed by atoms with Crippen molar-refractivity contribution in [3.8, 4) is 100 Å². The van der Waals surface area contributed by atoms with Gasteiger partial charge in [-0.3, -0.25) is 0 Å². The van der Waals surface area contributed by atoms with Crippen molar-refractivity contribution in [1.82, 2.24) is 0 Å². The molecule has 27 aromatic rings. The third-order valence-corrected chi connectivity index (χ3v) is 29.3. The van der Waals surface area contributed by atoms with Crippen LogP contribution in [0.15, 0.2) is 500 Å². The maximum absolute atomic E-state index is 6.19. The van der Waals surface area contributed by atoms with E-state index in [1.165, 1.54) is 187 Å². The van der Waals surface area contributed by atoms with Crippen LogP contribution in [0.4, 0.5) is 0 Å². The fourth-order valence-corrected chi connectivity index (χ4v) is 20.5. The highest BCUT2D eigenvalue weighted by Crippen LogP contribution is 2.44. The van der Waals surface area contributed by atoms with Crippen LogP contribution in [0.25, 0.3) is 232 Å². The lowest BCUT2D eigenvalue weighted by Gasteiger charge is -2.08. The smallest absolute Gasteiger partial charge is 0.143 e. The van der Waals surface area contributed by atoms with E-state index >= 15 is 0 Å². The zero-order valence-corrected chi connectivity index (χ0v) is 86.9. The first-order valence-electron chi connectivity index (χ1n) is 52.7. The SMILES string of the molecule is CC(C)c1ccc(-c2ccc(-c3ccc4c(c3)oc3ccccc34)cc2)cc1.CC(C)c1ccc(-c2ccc(-c3ccc4oc5ccccc5c4c3)cc2)cc1.CC(C)c1ccc(-c2ccc(-c3cccc4c3oc3ccccc34)cc2)cc1.CC(C)c1cccc(-c2ccc3c(c2)oc2ccccc23)c1.CC(C)c1cccc(-c2ccc3oc4ccccc4c3c2)c1.CC(C)c1cccc(-c2cccc3c2oc2ccccc23)c1. The summed E-state index contributed by atoms with van der Waals surface area (Å²) in [6.45, 7) is 26.7. The van der Waals surface area contributed by atoms with Crippen molar-refractivity contribution in [2.24, 2.45) is 0 Å². The first-order chi connectivity index (χ1) is 73.3. The van der Waals surface area contributed by atoms with Gasteiger partial charge in [-0.25, -0.2) is 0 Å². The van der Waals surface area contributed by atoms with Crippen molar-refractivity contribution in [3.63, 3.8) is 0 Å². The van der Waals surface area contributed by atoms with Gasteiger partial charge in [0, 0.05) is 75.8 Å². The fraction of sp³-hybridized carbons (Fsp3) is 0.125. The van der Waals surface area contributed by atoms with Crippen LogP contribution >= 0.6 is 0 Å². The van der Waals surface area contributed by atoms with Crippen LogP contribution in [0, 0.1) is 0 Å². The molecule has 6 heterocycles. The van der Waals surface area contributed by atoms with Crippen LogP contribution in [0.5, 0.6) is 0 Å². The predicted octanol–water partition coefficient (Wildman–Crippen LogP) is 43.3. The molecule has 0 saturated heterocycles. The van der Waals surface area contributed by atoms with Gasteiger partial charge in [-0.2, -0.15) is 0 Å². The highest BCUT2D eigenvalue weighted by molar-refractivity contribution is 6.13. The van der Waals surface area contributed by atoms with E-state index in [0.29, 0.717) is 35.5 Å². The molecule has 0 aliphatic heterocycles. The molecular formula is C144H120O6. The molecule has 0 aliphatic carbocycles. The van der Waals surface area contributed by atoms with Crippen molar-refractivity contribution in [2.75, 3.05) is 0 Å². The molecule has 150 heavy (non-hydrogen) atoms. The predicted molar refractivity (Wildman–Crippen MR) is 636 cm³/mol. The summed E-state index contributed by atoms with van der Waals surface area (Å²) in [6, 6.07) is 167. The number of fused-ring (bicyclic) bond motifs is 18. The summed E-state index contributed by atoms with van der Waals surface area (Å²) >= 11 is 0. The van der Waals surface area contributed by atoms with Gasteiger partial charge in [0.15, 0.2) is 0 Å². The van der Waals surface area contributed by atoms with Crippen LogP contribution in [0.3, 0.4) is 0 Å². The Morgan fingerprint density at radius 3 is 0.647 bits per heavy atom. The van der Waals surface area contributed by atoms with E-state index in [1.54, 1.807) is 0 Å². The number of benzene rings is 21. The Bertz CT molecular complexity index is 9440. The Morgan fingerprint density at radius 2 is 0.313 bits per heavy atom. The van der Waals surface area contributed by atoms with Crippen LogP contribution in [0.1, 0.15) is 152 Å². The highest BCUT2D eigenvalue weighted by Gasteiger charge is 2.20. The molecule has 0 spiro atoms. The van der Waals surface area contributed by atoms with Gasteiger partial charge in [0.2, 0.25) is 0 Å². The molecule has 6 heteroatoms. The van der Waals surface area contributed by atoms with Crippen molar-refractivity contribution < 1.29 is 26.5 Å². The van der Waals surface area contributed by atoms with E-state index in [0.717, 1.165) is 78.1 Å². The highest BCUT2D eigenvalue weighted by atomic mass is 16.3. The summed E-state index contributed by atoms with van der Waals surface area (Å²) in [5, 5.41) is 14.1. The second kappa shape index (κ2) is 42.8. The van der Waals surface area contributed by atoms with Crippen molar-refractivity contribution in [3.05, 3.63) is 507 Å². The molecule has 0 fully saturated rings. The van der Waals surface area contributed by atoms with Gasteiger partial charge < -0.3 is 26.5 Å². The minimum Gasteiger partial charge on any atom is -0.456 e. The zero-order valence-electron chi connectivity index (χ0n) is 86.9. The lowest BCUT2D eigenvalue weighted by Crippen LogP contribution is -1.88. The Labute approximate surface area is 877 Å². The average Bonchev–Trinajstić information content (AvgIpc) is 1.60. The summed E-state index contributed by atoms with van der Waals surface area (Å²) in [4.78, 5) is 0. The van der Waals surface area contributed by atoms with Crippen molar-refractivity contribution in [1.29, 1.82) is 0 Å². The molecule has 0 N–H and O–H groups in total. The lowest BCUT2D eigenvalue weighted by atomic mass is 9.96. The first kappa shape index (κ1) is 97.2. The second-order valence-electron chi connectivity index (χ2n) is 41.2. The summed E-state index contributed by atoms with van der Waals surface area (Å²) in [7, 11) is 0. The third kappa shape index (κ3) is 20.5. The fourth-order valence-electron chi connectivity index (χ4n) is 20.5. The molecule has 0 atom stereocenters. The Balaban J connectivity index is 0.000000102. The third-order valence-electron chi connectivity index (χ3n) is 29.3. The Hall–Kier alpha value is -17.6. The van der Waals surface area contributed by atoms with E-state index in [-0.39, 0.29) is 0 Å². The molecule has 0 aliphatic rings. The average molecular weight is 1950 g/mol. The van der Waals surface area contributed by atoms with Gasteiger partial charge in [-0.15, -0.1) is 0 Å². The molecule has 6 nitrogen and oxygen atoms in total. The van der Waals surface area contributed by atoms with Crippen LogP contribution in [0.2, 0.25) is 0 Å². The largest absolute Gasteiger partial charge is 0.456 e. The van der Waals surface area contributed by atoms with Gasteiger partial charge in [0.05, 0.1) is 0 Å². The zero-order chi connectivity index (χ0) is 103. The Morgan fingerprint density at radius 1 is 0.113 bits per heavy atom. The first-order valence-corrected chi connectivity index (χ1v) is 52.7. The van der Waals surface area contributed by atoms with E-state index < -0.39 is 0 Å². The molecule has 27 rings (SSSR count). The van der Waals surface area contributed by atoms with Gasteiger partial charge >= 0.3 is 0 Å². The molecule has 0 unspecified atom stereocenters. The number of hydrogen-bond donors (Lipinski definition) is 0. The van der Waals surface area contributed by atoms with Gasteiger partial charge in [-0.05, 0) is 243 Å². The van der Waals surface area contributed by atoms with Gasteiger partial charge in [0.25, 0.3) is 0 Å². The number of rotatable bonds is 15. The number of para-hydroxylation sites is 8. The standard InChI is InChI=1S/3C27H22O.3C21H18O/c1-18(2)19-10-12-20(13-11-19)21-14-16-22(17-15-21)23-7-5-8-25-24-6-3-4-9-26(24)28-27(23)25;1-18(2)19-7-9-20(10-8-19)21-11-13-22(14-12-21)23-15-16-27-25(17-23)24-5-3-4-6-26(24)28-27;1-18(2)19-7-9-20(10-8-19)21-11-13-22(14-12-21)23-15-16-25-24-5-3-4-6-26(24)28-27(25)17-23;1-14(2)15-7-5-8-16(13-15)17-10-6-11-19-18-9-3-4-12-20(18)22-21(17)19;1-14(2)15-6-5-7-16(12-15)17-10-11-21-19(13-17)18-8-3-4-9-20(18)22-21;1-14(2)15-6-5-7-16(12-15)17-10-11-19-18-8-3-4-9-20(18)22-21(19)13-17/h3*3-18H,1-2H3;3*3-14H,1-2H3. The molecule has 0 saturated carbocycles. The van der Waals surface area contributed by atoms with E-state index in [1.807, 2.05) is 72.8 Å². The number of furan rings is 6. The normalized spacial score (nSPS) is 11.6. The summed E-state index contributed by atoms with van der Waals surface area (Å²) in [5.74, 6) is 3.28. The molecule has 0 radical (unpaired) electrons. The van der Waals surface area contributed by atoms with Crippen molar-refractivity contribution >= 4 is 132 Å². The van der Waals surface area contributed by atoms with Crippen LogP contribution in [-0.4, -0.2) is 0 Å². The molecule has 732 valence electrons. The summed E-state index contributed by atoms with van der Waals surface area (Å²) in [6.07, 6.45) is 0. The monoisotopic (exact) mass is 1940 g/mol. The molecule has 6 aromatic heterocycles. The van der Waals surface area contributed by atoms with Gasteiger partial charge in [0.1, 0.15) is 67.0 Å². The molecule has 21 aromatic carbocycles.